The summed E-state index contributed by atoms with van der Waals surface area (Å²) < 4.78 is 0. The van der Waals surface area contributed by atoms with Crippen molar-refractivity contribution in [1.82, 2.24) is 0 Å². The van der Waals surface area contributed by atoms with Gasteiger partial charge in [-0.3, -0.25) is 4.79 Å². The lowest BCUT2D eigenvalue weighted by atomic mass is 9.78. The molecule has 1 atom stereocenters. The van der Waals surface area contributed by atoms with E-state index in [1.165, 1.54) is 5.56 Å². The Hall–Kier alpha value is -2.33. The lowest BCUT2D eigenvalue weighted by Gasteiger charge is -2.34. The van der Waals surface area contributed by atoms with Gasteiger partial charge in [0.2, 0.25) is 5.91 Å². The van der Waals surface area contributed by atoms with Gasteiger partial charge in [-0.25, -0.2) is 0 Å². The van der Waals surface area contributed by atoms with Gasteiger partial charge >= 0.3 is 0 Å². The Balaban J connectivity index is 2.12. The predicted octanol–water partition coefficient (Wildman–Crippen LogP) is 3.40. The van der Waals surface area contributed by atoms with E-state index in [-0.39, 0.29) is 11.5 Å². The highest BCUT2D eigenvalue weighted by molar-refractivity contribution is 5.91. The van der Waals surface area contributed by atoms with Gasteiger partial charge < -0.3 is 15.7 Å². The van der Waals surface area contributed by atoms with E-state index < -0.39 is 12.5 Å². The molecule has 122 valence electrons. The van der Waals surface area contributed by atoms with Gasteiger partial charge in [-0.15, -0.1) is 0 Å². The molecule has 0 aromatic heterocycles. The van der Waals surface area contributed by atoms with Crippen molar-refractivity contribution in [2.45, 2.75) is 32.2 Å². The summed E-state index contributed by atoms with van der Waals surface area (Å²) in [4.78, 5) is 11.3. The number of nitrogens with one attached hydrogen (secondary N) is 2. The van der Waals surface area contributed by atoms with Crippen LogP contribution in [0.5, 0.6) is 0 Å². The minimum atomic E-state index is -0.519. The molecule has 0 saturated carbocycles. The van der Waals surface area contributed by atoms with Gasteiger partial charge in [-0.05, 0) is 30.7 Å². The second kappa shape index (κ2) is 7.29. The molecule has 0 aliphatic carbocycles. The number of amides is 1. The molecule has 0 heterocycles. The first-order valence-corrected chi connectivity index (χ1v) is 7.76. The quantitative estimate of drug-likeness (QED) is 0.766. The van der Waals surface area contributed by atoms with E-state index in [0.717, 1.165) is 5.69 Å². The van der Waals surface area contributed by atoms with E-state index in [1.54, 1.807) is 6.07 Å². The molecule has 2 aromatic carbocycles. The largest absolute Gasteiger partial charge is 0.387 e. The highest BCUT2D eigenvalue weighted by atomic mass is 16.3. The van der Waals surface area contributed by atoms with Crippen molar-refractivity contribution in [3.05, 3.63) is 60.2 Å². The molecule has 0 radical (unpaired) electrons. The summed E-state index contributed by atoms with van der Waals surface area (Å²) in [6.45, 7) is 6.04. The van der Waals surface area contributed by atoms with Crippen LogP contribution in [-0.4, -0.2) is 23.7 Å². The molecule has 4 nitrogen and oxygen atoms in total. The fraction of sp³-hybridized carbons (Fsp3) is 0.316. The lowest BCUT2D eigenvalue weighted by molar-refractivity contribution is -0.118. The van der Waals surface area contributed by atoms with E-state index in [0.29, 0.717) is 5.69 Å². The SMILES string of the molecule is CC(Nc1cccc(NC(=O)CO)c1)C(C)(C)c1ccccc1. The molecule has 0 aliphatic heterocycles. The Kier molecular flexibility index (Phi) is 5.40. The Morgan fingerprint density at radius 2 is 1.74 bits per heavy atom. The topological polar surface area (TPSA) is 61.4 Å². The van der Waals surface area contributed by atoms with Crippen molar-refractivity contribution in [2.75, 3.05) is 17.2 Å². The van der Waals surface area contributed by atoms with Crippen molar-refractivity contribution in [3.8, 4) is 0 Å². The van der Waals surface area contributed by atoms with Gasteiger partial charge in [0, 0.05) is 22.8 Å². The number of hydrogen-bond acceptors (Lipinski definition) is 3. The van der Waals surface area contributed by atoms with Crippen LogP contribution in [-0.2, 0) is 10.2 Å². The molecule has 1 amide bonds. The Bertz CT molecular complexity index is 653. The Morgan fingerprint density at radius 3 is 2.39 bits per heavy atom. The average molecular weight is 312 g/mol. The summed E-state index contributed by atoms with van der Waals surface area (Å²) in [7, 11) is 0. The summed E-state index contributed by atoms with van der Waals surface area (Å²) in [5, 5.41) is 15.0. The van der Waals surface area contributed by atoms with Crippen molar-refractivity contribution in [2.24, 2.45) is 0 Å². The third-order valence-corrected chi connectivity index (χ3v) is 4.27. The average Bonchev–Trinajstić information content (AvgIpc) is 2.55. The fourth-order valence-electron chi connectivity index (χ4n) is 2.44. The smallest absolute Gasteiger partial charge is 0.250 e. The van der Waals surface area contributed by atoms with Crippen molar-refractivity contribution < 1.29 is 9.90 Å². The molecular formula is C19H24N2O2. The zero-order valence-electron chi connectivity index (χ0n) is 13.8. The molecule has 2 rings (SSSR count). The van der Waals surface area contributed by atoms with Gasteiger partial charge in [0.05, 0.1) is 0 Å². The van der Waals surface area contributed by atoms with Crippen LogP contribution in [0, 0.1) is 0 Å². The number of carbonyl (C=O) groups is 1. The number of aliphatic hydroxyl groups excluding tert-OH is 1. The summed E-state index contributed by atoms with van der Waals surface area (Å²) in [6.07, 6.45) is 0. The van der Waals surface area contributed by atoms with E-state index in [1.807, 2.05) is 24.3 Å². The third-order valence-electron chi connectivity index (χ3n) is 4.27. The first kappa shape index (κ1) is 17.0. The van der Waals surface area contributed by atoms with Crippen LogP contribution in [0.4, 0.5) is 11.4 Å². The Morgan fingerprint density at radius 1 is 1.09 bits per heavy atom. The van der Waals surface area contributed by atoms with Crippen LogP contribution in [0.15, 0.2) is 54.6 Å². The molecule has 3 N–H and O–H groups in total. The van der Waals surface area contributed by atoms with Crippen LogP contribution >= 0.6 is 0 Å². The van der Waals surface area contributed by atoms with Crippen LogP contribution in [0.3, 0.4) is 0 Å². The van der Waals surface area contributed by atoms with E-state index in [9.17, 15) is 4.79 Å². The van der Waals surface area contributed by atoms with Gasteiger partial charge in [0.1, 0.15) is 6.61 Å². The second-order valence-electron chi connectivity index (χ2n) is 6.24. The zero-order chi connectivity index (χ0) is 16.9. The van der Waals surface area contributed by atoms with Gasteiger partial charge in [-0.2, -0.15) is 0 Å². The second-order valence-corrected chi connectivity index (χ2v) is 6.24. The minimum Gasteiger partial charge on any atom is -0.387 e. The van der Waals surface area contributed by atoms with Crippen LogP contribution < -0.4 is 10.6 Å². The molecule has 1 unspecified atom stereocenters. The van der Waals surface area contributed by atoms with Gasteiger partial charge in [0.25, 0.3) is 0 Å². The number of carbonyl (C=O) groups excluding carboxylic acids is 1. The van der Waals surface area contributed by atoms with Crippen molar-refractivity contribution >= 4 is 17.3 Å². The van der Waals surface area contributed by atoms with Crippen LogP contribution in [0.25, 0.3) is 0 Å². The molecule has 0 spiro atoms. The number of benzene rings is 2. The van der Waals surface area contributed by atoms with E-state index in [4.69, 9.17) is 5.11 Å². The number of rotatable bonds is 6. The summed E-state index contributed by atoms with van der Waals surface area (Å²) in [6, 6.07) is 18.1. The molecule has 0 fully saturated rings. The maximum atomic E-state index is 11.3. The molecular weight excluding hydrogens is 288 g/mol. The maximum absolute atomic E-state index is 11.3. The lowest BCUT2D eigenvalue weighted by Crippen LogP contribution is -2.37. The normalized spacial score (nSPS) is 12.5. The maximum Gasteiger partial charge on any atom is 0.250 e. The summed E-state index contributed by atoms with van der Waals surface area (Å²) >= 11 is 0. The minimum absolute atomic E-state index is 0.0500. The standard InChI is InChI=1S/C19H24N2O2/c1-14(19(2,3)15-8-5-4-6-9-15)20-16-10-7-11-17(12-16)21-18(23)13-22/h4-12,14,20,22H,13H2,1-3H3,(H,21,23). The molecule has 0 bridgehead atoms. The summed E-state index contributed by atoms with van der Waals surface area (Å²) in [5.74, 6) is -0.417. The van der Waals surface area contributed by atoms with Crippen LogP contribution in [0.1, 0.15) is 26.3 Å². The summed E-state index contributed by atoms with van der Waals surface area (Å²) in [5.41, 5.74) is 2.81. The number of hydrogen-bond donors (Lipinski definition) is 3. The first-order valence-electron chi connectivity index (χ1n) is 7.76. The molecule has 4 heteroatoms. The fourth-order valence-corrected chi connectivity index (χ4v) is 2.44. The van der Waals surface area contributed by atoms with E-state index in [2.05, 4.69) is 55.7 Å². The zero-order valence-corrected chi connectivity index (χ0v) is 13.8. The van der Waals surface area contributed by atoms with Crippen molar-refractivity contribution in [3.63, 3.8) is 0 Å². The van der Waals surface area contributed by atoms with Gasteiger partial charge in [0.15, 0.2) is 0 Å². The van der Waals surface area contributed by atoms with Gasteiger partial charge in [-0.1, -0.05) is 50.2 Å². The van der Waals surface area contributed by atoms with Crippen LogP contribution in [0.2, 0.25) is 0 Å². The highest BCUT2D eigenvalue weighted by Crippen LogP contribution is 2.29. The molecule has 2 aromatic rings. The van der Waals surface area contributed by atoms with E-state index >= 15 is 0 Å². The molecule has 0 saturated heterocycles. The highest BCUT2D eigenvalue weighted by Gasteiger charge is 2.27. The third kappa shape index (κ3) is 4.33. The molecule has 23 heavy (non-hydrogen) atoms. The monoisotopic (exact) mass is 312 g/mol. The number of anilines is 2. The predicted molar refractivity (Wildman–Crippen MR) is 94.7 cm³/mol. The first-order chi connectivity index (χ1) is 10.9. The molecule has 0 aliphatic rings. The number of aliphatic hydroxyl groups is 1. The Labute approximate surface area is 137 Å². The van der Waals surface area contributed by atoms with Crippen molar-refractivity contribution in [1.29, 1.82) is 0 Å².